The Morgan fingerprint density at radius 2 is 0.513 bits per heavy atom. The van der Waals surface area contributed by atoms with Gasteiger partial charge in [0.05, 0.1) is 0 Å². The topological polar surface area (TPSA) is 78.9 Å². The number of unbranched alkanes of at least 4 members (excludes halogenated alkanes) is 34. The molecule has 0 radical (unpaired) electrons. The number of esters is 3. The Hall–Kier alpha value is -3.41. The van der Waals surface area contributed by atoms with E-state index in [1.807, 2.05) is 0 Å². The second-order valence-corrected chi connectivity index (χ2v) is 21.6. The van der Waals surface area contributed by atoms with E-state index in [9.17, 15) is 14.4 Å². The molecule has 0 aliphatic rings. The summed E-state index contributed by atoms with van der Waals surface area (Å²) in [6.07, 6.45) is 84.4. The van der Waals surface area contributed by atoms with Gasteiger partial charge < -0.3 is 14.2 Å². The molecule has 0 amide bonds. The molecule has 6 nitrogen and oxygen atoms in total. The molecule has 76 heavy (non-hydrogen) atoms. The van der Waals surface area contributed by atoms with Gasteiger partial charge in [-0.25, -0.2) is 0 Å². The van der Waals surface area contributed by atoms with Crippen LogP contribution in [0.3, 0.4) is 0 Å². The first-order chi connectivity index (χ1) is 37.5. The van der Waals surface area contributed by atoms with Crippen molar-refractivity contribution in [2.45, 2.75) is 329 Å². The summed E-state index contributed by atoms with van der Waals surface area (Å²) < 4.78 is 17.0. The van der Waals surface area contributed by atoms with Crippen LogP contribution in [0.1, 0.15) is 323 Å². The van der Waals surface area contributed by atoms with Crippen molar-refractivity contribution >= 4 is 17.9 Å². The average molecular weight is 1060 g/mol. The van der Waals surface area contributed by atoms with Crippen LogP contribution in [0.15, 0.2) is 85.1 Å². The van der Waals surface area contributed by atoms with Gasteiger partial charge in [0.15, 0.2) is 6.10 Å². The Bertz CT molecular complexity index is 1450. The van der Waals surface area contributed by atoms with Gasteiger partial charge in [-0.2, -0.15) is 0 Å². The Labute approximate surface area is 471 Å². The van der Waals surface area contributed by atoms with Gasteiger partial charge in [-0.1, -0.05) is 273 Å². The van der Waals surface area contributed by atoms with E-state index >= 15 is 0 Å². The van der Waals surface area contributed by atoms with E-state index in [4.69, 9.17) is 14.2 Å². The maximum absolute atomic E-state index is 12.9. The molecule has 0 bridgehead atoms. The van der Waals surface area contributed by atoms with Crippen LogP contribution in [0.2, 0.25) is 0 Å². The van der Waals surface area contributed by atoms with Crippen molar-refractivity contribution in [3.05, 3.63) is 85.1 Å². The molecule has 0 saturated carbocycles. The predicted molar refractivity (Wildman–Crippen MR) is 330 cm³/mol. The zero-order chi connectivity index (χ0) is 55.0. The van der Waals surface area contributed by atoms with Crippen molar-refractivity contribution < 1.29 is 28.6 Å². The highest BCUT2D eigenvalue weighted by atomic mass is 16.6. The highest BCUT2D eigenvalue weighted by molar-refractivity contribution is 5.71. The highest BCUT2D eigenvalue weighted by Gasteiger charge is 2.19. The first-order valence-corrected chi connectivity index (χ1v) is 32.6. The highest BCUT2D eigenvalue weighted by Crippen LogP contribution is 2.16. The number of ether oxygens (including phenoxy) is 3. The van der Waals surface area contributed by atoms with Crippen LogP contribution in [0.25, 0.3) is 0 Å². The SMILES string of the molecule is CC/C=C\C/C=C\C/C=C\C/C=C\CCCCCCCCCCCCC(=O)OCC(COC(=O)CCCCCCCCC/C=C\CCCCCCCC)OC(=O)CCCCCCCCC/C=C\C/C=C\CCCCCC. The van der Waals surface area contributed by atoms with Crippen LogP contribution in [0.5, 0.6) is 0 Å². The second-order valence-electron chi connectivity index (χ2n) is 21.6. The minimum atomic E-state index is -0.786. The first kappa shape index (κ1) is 72.6. The summed E-state index contributed by atoms with van der Waals surface area (Å²) in [6.45, 7) is 6.53. The van der Waals surface area contributed by atoms with E-state index in [1.165, 1.54) is 186 Å². The fraction of sp³-hybridized carbons (Fsp3) is 0.757. The van der Waals surface area contributed by atoms with E-state index < -0.39 is 6.10 Å². The fourth-order valence-electron chi connectivity index (χ4n) is 9.23. The van der Waals surface area contributed by atoms with Crippen molar-refractivity contribution in [2.24, 2.45) is 0 Å². The van der Waals surface area contributed by atoms with Gasteiger partial charge >= 0.3 is 17.9 Å². The van der Waals surface area contributed by atoms with E-state index in [0.717, 1.165) is 96.3 Å². The van der Waals surface area contributed by atoms with E-state index in [0.29, 0.717) is 19.3 Å². The van der Waals surface area contributed by atoms with Crippen molar-refractivity contribution in [1.82, 2.24) is 0 Å². The summed E-state index contributed by atoms with van der Waals surface area (Å²) >= 11 is 0. The Morgan fingerprint density at radius 3 is 0.829 bits per heavy atom. The van der Waals surface area contributed by atoms with Gasteiger partial charge in [-0.3, -0.25) is 14.4 Å². The number of hydrogen-bond donors (Lipinski definition) is 0. The van der Waals surface area contributed by atoms with Crippen molar-refractivity contribution in [2.75, 3.05) is 13.2 Å². The lowest BCUT2D eigenvalue weighted by atomic mass is 10.1. The third-order valence-electron chi connectivity index (χ3n) is 14.1. The molecule has 438 valence electrons. The quantitative estimate of drug-likeness (QED) is 0.0261. The Balaban J connectivity index is 4.38. The minimum absolute atomic E-state index is 0.0818. The lowest BCUT2D eigenvalue weighted by Gasteiger charge is -2.18. The van der Waals surface area contributed by atoms with Crippen LogP contribution >= 0.6 is 0 Å². The molecule has 1 unspecified atom stereocenters. The van der Waals surface area contributed by atoms with E-state index in [1.54, 1.807) is 0 Å². The fourth-order valence-corrected chi connectivity index (χ4v) is 9.23. The molecule has 0 heterocycles. The van der Waals surface area contributed by atoms with Gasteiger partial charge in [0.1, 0.15) is 13.2 Å². The summed E-state index contributed by atoms with van der Waals surface area (Å²) in [5.41, 5.74) is 0. The maximum atomic E-state index is 12.9. The Morgan fingerprint density at radius 1 is 0.276 bits per heavy atom. The number of carbonyl (C=O) groups excluding carboxylic acids is 3. The second kappa shape index (κ2) is 64.1. The lowest BCUT2D eigenvalue weighted by Crippen LogP contribution is -2.30. The third kappa shape index (κ3) is 61.4. The Kier molecular flexibility index (Phi) is 61.2. The third-order valence-corrected chi connectivity index (χ3v) is 14.1. The largest absolute Gasteiger partial charge is 0.462 e. The van der Waals surface area contributed by atoms with Crippen molar-refractivity contribution in [3.63, 3.8) is 0 Å². The molecule has 0 aromatic rings. The number of carbonyl (C=O) groups is 3. The van der Waals surface area contributed by atoms with Crippen LogP contribution in [0.4, 0.5) is 0 Å². The van der Waals surface area contributed by atoms with E-state index in [2.05, 4.69) is 106 Å². The summed E-state index contributed by atoms with van der Waals surface area (Å²) in [6, 6.07) is 0. The molecular weight excluding hydrogens is 937 g/mol. The molecule has 0 aliphatic carbocycles. The number of rotatable bonds is 59. The molecular formula is C70H122O6. The average Bonchev–Trinajstić information content (AvgIpc) is 3.42. The van der Waals surface area contributed by atoms with Gasteiger partial charge in [-0.05, 0) is 116 Å². The molecule has 0 saturated heterocycles. The molecule has 0 fully saturated rings. The molecule has 0 aromatic heterocycles. The van der Waals surface area contributed by atoms with E-state index in [-0.39, 0.29) is 31.1 Å². The minimum Gasteiger partial charge on any atom is -0.462 e. The molecule has 0 aliphatic heterocycles. The van der Waals surface area contributed by atoms with Crippen molar-refractivity contribution in [3.8, 4) is 0 Å². The summed E-state index contributed by atoms with van der Waals surface area (Å²) in [5, 5.41) is 0. The molecule has 0 rings (SSSR count). The van der Waals surface area contributed by atoms with Gasteiger partial charge in [0.2, 0.25) is 0 Å². The normalized spacial score (nSPS) is 12.6. The monoisotopic (exact) mass is 1060 g/mol. The molecule has 1 atom stereocenters. The molecule has 6 heteroatoms. The van der Waals surface area contributed by atoms with Crippen molar-refractivity contribution in [1.29, 1.82) is 0 Å². The summed E-state index contributed by atoms with van der Waals surface area (Å²) in [7, 11) is 0. The first-order valence-electron chi connectivity index (χ1n) is 32.6. The maximum Gasteiger partial charge on any atom is 0.306 e. The molecule has 0 spiro atoms. The summed E-state index contributed by atoms with van der Waals surface area (Å²) in [5.74, 6) is -0.884. The summed E-state index contributed by atoms with van der Waals surface area (Å²) in [4.78, 5) is 38.4. The zero-order valence-corrected chi connectivity index (χ0v) is 50.3. The number of hydrogen-bond acceptors (Lipinski definition) is 6. The molecule has 0 N–H and O–H groups in total. The number of allylic oxidation sites excluding steroid dienone is 14. The lowest BCUT2D eigenvalue weighted by molar-refractivity contribution is -0.167. The predicted octanol–water partition coefficient (Wildman–Crippen LogP) is 22.3. The van der Waals surface area contributed by atoms with Gasteiger partial charge in [-0.15, -0.1) is 0 Å². The van der Waals surface area contributed by atoms with Crippen LogP contribution in [0, 0.1) is 0 Å². The zero-order valence-electron chi connectivity index (χ0n) is 50.3. The van der Waals surface area contributed by atoms with Gasteiger partial charge in [0, 0.05) is 19.3 Å². The standard InChI is InChI=1S/C70H122O6/c1-4-7-10-13-16-19-22-25-28-31-33-34-35-36-37-40-42-45-48-51-54-57-60-63-69(72)75-66-67(65-74-68(71)62-59-56-53-50-47-44-41-38-30-27-24-21-18-15-12-9-6-3)76-70(73)64-61-58-55-52-49-46-43-39-32-29-26-23-20-17-14-11-8-5-2/h7,10,16,19-20,23,25,27-30,32-34,67H,4-6,8-9,11-15,17-18,21-22,24,26,31,35-66H2,1-3H3/b10-7-,19-16-,23-20-,28-25-,30-27-,32-29-,34-33-. The van der Waals surface area contributed by atoms with Crippen LogP contribution in [-0.4, -0.2) is 37.2 Å². The molecule has 0 aromatic carbocycles. The smallest absolute Gasteiger partial charge is 0.306 e. The van der Waals surface area contributed by atoms with Gasteiger partial charge in [0.25, 0.3) is 0 Å². The van der Waals surface area contributed by atoms with Crippen LogP contribution < -0.4 is 0 Å². The van der Waals surface area contributed by atoms with Crippen LogP contribution in [-0.2, 0) is 28.6 Å².